The molecule has 3 aromatic rings. The predicted octanol–water partition coefficient (Wildman–Crippen LogP) is 5.02. The zero-order valence-corrected chi connectivity index (χ0v) is 21.5. The summed E-state index contributed by atoms with van der Waals surface area (Å²) in [6, 6.07) is 5.44. The van der Waals surface area contributed by atoms with Crippen LogP contribution in [-0.4, -0.2) is 53.7 Å². The number of thiophene rings is 1. The van der Waals surface area contributed by atoms with Crippen LogP contribution in [0.5, 0.6) is 11.5 Å². The van der Waals surface area contributed by atoms with Gasteiger partial charge in [0.15, 0.2) is 11.5 Å². The summed E-state index contributed by atoms with van der Waals surface area (Å²) < 4.78 is 10.8. The van der Waals surface area contributed by atoms with Crippen LogP contribution in [0.3, 0.4) is 0 Å². The molecule has 184 valence electrons. The molecule has 0 radical (unpaired) electrons. The number of benzene rings is 1. The number of amides is 1. The normalized spacial score (nSPS) is 20.3. The lowest BCUT2D eigenvalue weighted by Crippen LogP contribution is -2.49. The summed E-state index contributed by atoms with van der Waals surface area (Å²) >= 11 is 1.87. The second-order valence-electron chi connectivity index (χ2n) is 10.1. The van der Waals surface area contributed by atoms with E-state index < -0.39 is 0 Å². The van der Waals surface area contributed by atoms with Gasteiger partial charge in [-0.1, -0.05) is 20.8 Å². The number of ether oxygens (including phenoxy) is 2. The average molecular weight is 493 g/mol. The largest absolute Gasteiger partial charge is 0.454 e. The molecule has 0 N–H and O–H groups in total. The van der Waals surface area contributed by atoms with Crippen molar-refractivity contribution in [3.63, 3.8) is 0 Å². The third-order valence-electron chi connectivity index (χ3n) is 7.69. The lowest BCUT2D eigenvalue weighted by atomic mass is 9.89. The van der Waals surface area contributed by atoms with Crippen molar-refractivity contribution in [1.29, 1.82) is 0 Å². The Hall–Kier alpha value is -2.87. The molecule has 1 aliphatic carbocycles. The molecule has 7 nitrogen and oxygen atoms in total. The fourth-order valence-corrected chi connectivity index (χ4v) is 6.69. The van der Waals surface area contributed by atoms with E-state index in [4.69, 9.17) is 19.4 Å². The van der Waals surface area contributed by atoms with Crippen LogP contribution in [0.1, 0.15) is 66.2 Å². The standard InChI is InChI=1S/C27H32N4O3S/c1-4-17(3)24-28-25(23-19-7-5-16(2)13-22(19)35-26(23)29-24)30-9-11-31(12-10-30)27(32)18-6-8-20-21(14-18)34-15-33-20/h6,8,14,16-17H,4-5,7,9-13,15H2,1-3H3. The highest BCUT2D eigenvalue weighted by Crippen LogP contribution is 2.42. The minimum absolute atomic E-state index is 0.0398. The molecule has 0 bridgehead atoms. The maximum absolute atomic E-state index is 13.2. The van der Waals surface area contributed by atoms with Gasteiger partial charge in [-0.3, -0.25) is 4.79 Å². The van der Waals surface area contributed by atoms with E-state index in [1.165, 1.54) is 22.2 Å². The number of fused-ring (bicyclic) bond motifs is 4. The predicted molar refractivity (Wildman–Crippen MR) is 138 cm³/mol. The van der Waals surface area contributed by atoms with Gasteiger partial charge in [0.2, 0.25) is 6.79 Å². The molecule has 6 rings (SSSR count). The number of aryl methyl sites for hydroxylation is 1. The first-order valence-electron chi connectivity index (χ1n) is 12.8. The van der Waals surface area contributed by atoms with Crippen molar-refractivity contribution in [1.82, 2.24) is 14.9 Å². The maximum Gasteiger partial charge on any atom is 0.254 e. The van der Waals surface area contributed by atoms with Crippen LogP contribution in [-0.2, 0) is 12.8 Å². The Labute approximate surface area is 210 Å². The minimum Gasteiger partial charge on any atom is -0.454 e. The van der Waals surface area contributed by atoms with Gasteiger partial charge < -0.3 is 19.3 Å². The first-order chi connectivity index (χ1) is 17.0. The smallest absolute Gasteiger partial charge is 0.254 e. The highest BCUT2D eigenvalue weighted by molar-refractivity contribution is 7.19. The van der Waals surface area contributed by atoms with E-state index in [0.717, 1.165) is 54.7 Å². The van der Waals surface area contributed by atoms with Crippen molar-refractivity contribution in [2.24, 2.45) is 5.92 Å². The molecule has 3 aliphatic rings. The lowest BCUT2D eigenvalue weighted by molar-refractivity contribution is 0.0746. The van der Waals surface area contributed by atoms with Crippen LogP contribution in [0.15, 0.2) is 18.2 Å². The third-order valence-corrected chi connectivity index (χ3v) is 8.84. The Morgan fingerprint density at radius 2 is 1.97 bits per heavy atom. The van der Waals surface area contributed by atoms with Crippen molar-refractivity contribution < 1.29 is 14.3 Å². The molecule has 0 spiro atoms. The van der Waals surface area contributed by atoms with E-state index in [0.29, 0.717) is 36.1 Å². The third kappa shape index (κ3) is 4.01. The summed E-state index contributed by atoms with van der Waals surface area (Å²) in [5, 5.41) is 1.26. The van der Waals surface area contributed by atoms with Crippen LogP contribution < -0.4 is 14.4 Å². The van der Waals surface area contributed by atoms with Gasteiger partial charge in [-0.15, -0.1) is 11.3 Å². The van der Waals surface area contributed by atoms with E-state index >= 15 is 0 Å². The summed E-state index contributed by atoms with van der Waals surface area (Å²) in [5.41, 5.74) is 2.11. The first kappa shape index (κ1) is 22.6. The van der Waals surface area contributed by atoms with Gasteiger partial charge in [0.05, 0.1) is 5.39 Å². The zero-order valence-electron chi connectivity index (χ0n) is 20.7. The highest BCUT2D eigenvalue weighted by atomic mass is 32.1. The summed E-state index contributed by atoms with van der Waals surface area (Å²) in [7, 11) is 0. The molecule has 2 unspecified atom stereocenters. The lowest BCUT2D eigenvalue weighted by Gasteiger charge is -2.36. The molecule has 2 aliphatic heterocycles. The molecule has 1 fully saturated rings. The Balaban J connectivity index is 1.27. The molecule has 2 aromatic heterocycles. The molecular weight excluding hydrogens is 460 g/mol. The summed E-state index contributed by atoms with van der Waals surface area (Å²) in [4.78, 5) is 30.3. The van der Waals surface area contributed by atoms with Gasteiger partial charge in [0.1, 0.15) is 16.5 Å². The highest BCUT2D eigenvalue weighted by Gasteiger charge is 2.30. The quantitative estimate of drug-likeness (QED) is 0.509. The van der Waals surface area contributed by atoms with Crippen LogP contribution in [0.25, 0.3) is 10.2 Å². The van der Waals surface area contributed by atoms with Crippen molar-refractivity contribution in [2.75, 3.05) is 37.9 Å². The van der Waals surface area contributed by atoms with Crippen LogP contribution in [0.4, 0.5) is 5.82 Å². The second kappa shape index (κ2) is 8.97. The molecule has 4 heterocycles. The number of rotatable bonds is 4. The monoisotopic (exact) mass is 492 g/mol. The molecule has 0 saturated carbocycles. The number of anilines is 1. The van der Waals surface area contributed by atoms with Gasteiger partial charge >= 0.3 is 0 Å². The Kier molecular flexibility index (Phi) is 5.79. The molecule has 1 aromatic carbocycles. The van der Waals surface area contributed by atoms with Crippen LogP contribution in [0.2, 0.25) is 0 Å². The Morgan fingerprint density at radius 1 is 1.17 bits per heavy atom. The van der Waals surface area contributed by atoms with Crippen molar-refractivity contribution in [3.8, 4) is 11.5 Å². The van der Waals surface area contributed by atoms with E-state index in [1.807, 2.05) is 28.4 Å². The molecule has 1 saturated heterocycles. The Bertz CT molecular complexity index is 1280. The van der Waals surface area contributed by atoms with Crippen LogP contribution in [0, 0.1) is 5.92 Å². The first-order valence-corrected chi connectivity index (χ1v) is 13.6. The average Bonchev–Trinajstić information content (AvgIpc) is 3.50. The number of nitrogens with zero attached hydrogens (tertiary/aromatic N) is 4. The Morgan fingerprint density at radius 3 is 2.77 bits per heavy atom. The zero-order chi connectivity index (χ0) is 24.1. The van der Waals surface area contributed by atoms with E-state index in [9.17, 15) is 4.79 Å². The van der Waals surface area contributed by atoms with E-state index in [-0.39, 0.29) is 12.7 Å². The minimum atomic E-state index is 0.0398. The molecular formula is C27H32N4O3S. The SMILES string of the molecule is CCC(C)c1nc(N2CCN(C(=O)c3ccc4c(c3)OCO4)CC2)c2c3c(sc2n1)CC(C)CC3. The van der Waals surface area contributed by atoms with E-state index in [1.54, 1.807) is 6.07 Å². The number of aromatic nitrogens is 2. The van der Waals surface area contributed by atoms with Crippen molar-refractivity contribution in [3.05, 3.63) is 40.0 Å². The molecule has 1 amide bonds. The summed E-state index contributed by atoms with van der Waals surface area (Å²) in [6.45, 7) is 9.83. The van der Waals surface area contributed by atoms with Gasteiger partial charge in [0, 0.05) is 42.5 Å². The number of carbonyl (C=O) groups excluding carboxylic acids is 1. The number of hydrogen-bond donors (Lipinski definition) is 0. The van der Waals surface area contributed by atoms with Crippen molar-refractivity contribution in [2.45, 2.75) is 52.4 Å². The molecule has 35 heavy (non-hydrogen) atoms. The topological polar surface area (TPSA) is 67.8 Å². The summed E-state index contributed by atoms with van der Waals surface area (Å²) in [5.74, 6) is 4.46. The fraction of sp³-hybridized carbons (Fsp3) is 0.519. The van der Waals surface area contributed by atoms with Gasteiger partial charge in [-0.25, -0.2) is 9.97 Å². The number of piperazine rings is 1. The van der Waals surface area contributed by atoms with Gasteiger partial charge in [-0.05, 0) is 55.4 Å². The maximum atomic E-state index is 13.2. The number of hydrogen-bond acceptors (Lipinski definition) is 7. The van der Waals surface area contributed by atoms with Gasteiger partial charge in [-0.2, -0.15) is 0 Å². The molecule has 2 atom stereocenters. The van der Waals surface area contributed by atoms with E-state index in [2.05, 4.69) is 25.7 Å². The number of carbonyl (C=O) groups is 1. The second-order valence-corrected chi connectivity index (χ2v) is 11.2. The van der Waals surface area contributed by atoms with Crippen molar-refractivity contribution >= 4 is 33.3 Å². The fourth-order valence-electron chi connectivity index (χ4n) is 5.30. The van der Waals surface area contributed by atoms with Gasteiger partial charge in [0.25, 0.3) is 5.91 Å². The summed E-state index contributed by atoms with van der Waals surface area (Å²) in [6.07, 6.45) is 4.50. The molecule has 8 heteroatoms. The van der Waals surface area contributed by atoms with Crippen LogP contribution >= 0.6 is 11.3 Å².